The molecule has 1 aromatic carbocycles. The van der Waals surface area contributed by atoms with Crippen LogP contribution in [0.15, 0.2) is 22.7 Å². The maximum Gasteiger partial charge on any atom is 0.226 e. The highest BCUT2D eigenvalue weighted by molar-refractivity contribution is 9.10. The van der Waals surface area contributed by atoms with E-state index in [-0.39, 0.29) is 23.6 Å². The number of halogens is 2. The standard InChI is InChI=1S/C12H14BrFN2O3S/c13-8-1-2-10(14)11(5-8)16-12(17)6-9-7-20(18,19)4-3-15-9/h1-2,5,9,15H,3-4,6-7H2,(H,16,17). The number of rotatable bonds is 3. The smallest absolute Gasteiger partial charge is 0.226 e. The SMILES string of the molecule is O=C(CC1CS(=O)(=O)CCN1)Nc1cc(Br)ccc1F. The van der Waals surface area contributed by atoms with E-state index in [0.29, 0.717) is 11.0 Å². The molecule has 0 radical (unpaired) electrons. The summed E-state index contributed by atoms with van der Waals surface area (Å²) in [5, 5.41) is 5.42. The van der Waals surface area contributed by atoms with Crippen molar-refractivity contribution in [3.63, 3.8) is 0 Å². The monoisotopic (exact) mass is 364 g/mol. The van der Waals surface area contributed by atoms with Gasteiger partial charge in [0.25, 0.3) is 0 Å². The van der Waals surface area contributed by atoms with E-state index >= 15 is 0 Å². The first-order valence-electron chi connectivity index (χ1n) is 6.04. The van der Waals surface area contributed by atoms with Crippen LogP contribution in [-0.2, 0) is 14.6 Å². The second kappa shape index (κ2) is 6.19. The van der Waals surface area contributed by atoms with Crippen molar-refractivity contribution in [2.45, 2.75) is 12.5 Å². The Morgan fingerprint density at radius 3 is 2.95 bits per heavy atom. The van der Waals surface area contributed by atoms with Crippen molar-refractivity contribution in [1.29, 1.82) is 0 Å². The van der Waals surface area contributed by atoms with Crippen molar-refractivity contribution in [3.05, 3.63) is 28.5 Å². The van der Waals surface area contributed by atoms with Gasteiger partial charge < -0.3 is 10.6 Å². The molecule has 0 spiro atoms. The Bertz CT molecular complexity index is 621. The van der Waals surface area contributed by atoms with Gasteiger partial charge in [0, 0.05) is 23.5 Å². The van der Waals surface area contributed by atoms with E-state index < -0.39 is 27.6 Å². The van der Waals surface area contributed by atoms with Crippen LogP contribution in [0.5, 0.6) is 0 Å². The molecule has 20 heavy (non-hydrogen) atoms. The molecule has 1 atom stereocenters. The minimum atomic E-state index is -3.09. The van der Waals surface area contributed by atoms with Gasteiger partial charge in [0.15, 0.2) is 9.84 Å². The molecule has 0 aromatic heterocycles. The Kier molecular flexibility index (Phi) is 4.77. The molecular weight excluding hydrogens is 351 g/mol. The van der Waals surface area contributed by atoms with Crippen LogP contribution in [0, 0.1) is 5.82 Å². The van der Waals surface area contributed by atoms with Crippen LogP contribution in [0.25, 0.3) is 0 Å². The number of benzene rings is 1. The third kappa shape index (κ3) is 4.26. The van der Waals surface area contributed by atoms with E-state index in [1.807, 2.05) is 0 Å². The normalized spacial score (nSPS) is 21.4. The minimum Gasteiger partial charge on any atom is -0.324 e. The second-order valence-corrected chi connectivity index (χ2v) is 7.79. The molecule has 1 heterocycles. The highest BCUT2D eigenvalue weighted by atomic mass is 79.9. The zero-order valence-electron chi connectivity index (χ0n) is 10.5. The van der Waals surface area contributed by atoms with E-state index in [1.165, 1.54) is 18.2 Å². The number of sulfone groups is 1. The quantitative estimate of drug-likeness (QED) is 0.847. The van der Waals surface area contributed by atoms with Crippen LogP contribution in [0.2, 0.25) is 0 Å². The predicted octanol–water partition coefficient (Wildman–Crippen LogP) is 1.30. The lowest BCUT2D eigenvalue weighted by Crippen LogP contribution is -2.46. The Labute approximate surface area is 125 Å². The summed E-state index contributed by atoms with van der Waals surface area (Å²) in [6.07, 6.45) is -0.00875. The first-order valence-corrected chi connectivity index (χ1v) is 8.66. The van der Waals surface area contributed by atoms with Gasteiger partial charge in [-0.2, -0.15) is 0 Å². The summed E-state index contributed by atoms with van der Waals surface area (Å²) < 4.78 is 37.1. The van der Waals surface area contributed by atoms with Gasteiger partial charge in [-0.3, -0.25) is 4.79 Å². The average Bonchev–Trinajstić information content (AvgIpc) is 2.32. The molecule has 0 bridgehead atoms. The van der Waals surface area contributed by atoms with Crippen molar-refractivity contribution < 1.29 is 17.6 Å². The van der Waals surface area contributed by atoms with Gasteiger partial charge in [-0.15, -0.1) is 0 Å². The molecule has 1 aliphatic heterocycles. The highest BCUT2D eigenvalue weighted by Crippen LogP contribution is 2.20. The third-order valence-corrected chi connectivity index (χ3v) is 5.17. The van der Waals surface area contributed by atoms with Gasteiger partial charge >= 0.3 is 0 Å². The maximum atomic E-state index is 13.5. The Hall–Kier alpha value is -0.990. The fourth-order valence-corrected chi connectivity index (χ4v) is 3.82. The van der Waals surface area contributed by atoms with E-state index in [0.717, 1.165) is 0 Å². The Morgan fingerprint density at radius 1 is 1.50 bits per heavy atom. The summed E-state index contributed by atoms with van der Waals surface area (Å²) >= 11 is 3.19. The molecule has 5 nitrogen and oxygen atoms in total. The molecule has 0 saturated carbocycles. The highest BCUT2D eigenvalue weighted by Gasteiger charge is 2.26. The van der Waals surface area contributed by atoms with Gasteiger partial charge in [0.1, 0.15) is 5.82 Å². The van der Waals surface area contributed by atoms with Crippen molar-refractivity contribution in [2.75, 3.05) is 23.4 Å². The summed E-state index contributed by atoms with van der Waals surface area (Å²) in [6.45, 7) is 0.339. The Balaban J connectivity index is 1.97. The zero-order chi connectivity index (χ0) is 14.8. The number of amides is 1. The minimum absolute atomic E-state index is 0.00875. The fraction of sp³-hybridized carbons (Fsp3) is 0.417. The molecule has 2 N–H and O–H groups in total. The molecule has 1 fully saturated rings. The fourth-order valence-electron chi connectivity index (χ4n) is 2.02. The first-order chi connectivity index (χ1) is 9.35. The first kappa shape index (κ1) is 15.4. The number of carbonyl (C=O) groups is 1. The summed E-state index contributed by atoms with van der Waals surface area (Å²) in [6, 6.07) is 3.80. The largest absolute Gasteiger partial charge is 0.324 e. The predicted molar refractivity (Wildman–Crippen MR) is 77.8 cm³/mol. The molecule has 1 unspecified atom stereocenters. The van der Waals surface area contributed by atoms with Crippen LogP contribution in [0.3, 0.4) is 0 Å². The molecule has 2 rings (SSSR count). The second-order valence-electron chi connectivity index (χ2n) is 4.64. The summed E-state index contributed by atoms with van der Waals surface area (Å²) in [5.41, 5.74) is 0.0723. The maximum absolute atomic E-state index is 13.5. The van der Waals surface area contributed by atoms with E-state index in [9.17, 15) is 17.6 Å². The number of hydrogen-bond acceptors (Lipinski definition) is 4. The van der Waals surface area contributed by atoms with Crippen LogP contribution < -0.4 is 10.6 Å². The van der Waals surface area contributed by atoms with E-state index in [2.05, 4.69) is 26.6 Å². The summed E-state index contributed by atoms with van der Waals surface area (Å²) in [7, 11) is -3.09. The molecule has 8 heteroatoms. The van der Waals surface area contributed by atoms with Gasteiger partial charge in [-0.1, -0.05) is 15.9 Å². The number of carbonyl (C=O) groups excluding carboxylic acids is 1. The molecule has 1 aromatic rings. The van der Waals surface area contributed by atoms with Gasteiger partial charge in [-0.05, 0) is 18.2 Å². The lowest BCUT2D eigenvalue weighted by molar-refractivity contribution is -0.116. The summed E-state index contributed by atoms with van der Waals surface area (Å²) in [4.78, 5) is 11.8. The van der Waals surface area contributed by atoms with Gasteiger partial charge in [-0.25, -0.2) is 12.8 Å². The molecule has 0 aliphatic carbocycles. The average molecular weight is 365 g/mol. The molecular formula is C12H14BrFN2O3S. The molecule has 110 valence electrons. The lowest BCUT2D eigenvalue weighted by Gasteiger charge is -2.23. The third-order valence-electron chi connectivity index (χ3n) is 2.94. The zero-order valence-corrected chi connectivity index (χ0v) is 12.9. The van der Waals surface area contributed by atoms with Crippen LogP contribution in [0.4, 0.5) is 10.1 Å². The lowest BCUT2D eigenvalue weighted by atomic mass is 10.2. The Morgan fingerprint density at radius 2 is 2.25 bits per heavy atom. The van der Waals surface area contributed by atoms with Crippen molar-refractivity contribution in [2.24, 2.45) is 0 Å². The topological polar surface area (TPSA) is 75.3 Å². The number of nitrogens with one attached hydrogen (secondary N) is 2. The number of hydrogen-bond donors (Lipinski definition) is 2. The van der Waals surface area contributed by atoms with Crippen LogP contribution >= 0.6 is 15.9 Å². The van der Waals surface area contributed by atoms with Gasteiger partial charge in [0.05, 0.1) is 17.2 Å². The van der Waals surface area contributed by atoms with Crippen LogP contribution in [-0.4, -0.2) is 38.4 Å². The van der Waals surface area contributed by atoms with Crippen molar-refractivity contribution >= 4 is 37.4 Å². The van der Waals surface area contributed by atoms with Gasteiger partial charge in [0.2, 0.25) is 5.91 Å². The van der Waals surface area contributed by atoms with Crippen molar-refractivity contribution in [3.8, 4) is 0 Å². The molecule has 1 saturated heterocycles. The van der Waals surface area contributed by atoms with E-state index in [4.69, 9.17) is 0 Å². The van der Waals surface area contributed by atoms with Crippen molar-refractivity contribution in [1.82, 2.24) is 5.32 Å². The number of anilines is 1. The van der Waals surface area contributed by atoms with Crippen LogP contribution in [0.1, 0.15) is 6.42 Å². The summed E-state index contributed by atoms with van der Waals surface area (Å²) in [5.74, 6) is -0.936. The molecule has 1 amide bonds. The van der Waals surface area contributed by atoms with E-state index in [1.54, 1.807) is 0 Å². The molecule has 1 aliphatic rings.